The second-order valence-electron chi connectivity index (χ2n) is 7.41. The van der Waals surface area contributed by atoms with E-state index in [9.17, 15) is 19.1 Å². The Balaban J connectivity index is 2.19. The molecule has 0 aromatic heterocycles. The second kappa shape index (κ2) is 9.18. The summed E-state index contributed by atoms with van der Waals surface area (Å²) in [5.41, 5.74) is 0.514. The molecule has 1 unspecified atom stereocenters. The van der Waals surface area contributed by atoms with E-state index in [1.54, 1.807) is 24.3 Å². The summed E-state index contributed by atoms with van der Waals surface area (Å²) in [6.45, 7) is 0.786. The molecule has 1 atom stereocenters. The Labute approximate surface area is 180 Å². The Morgan fingerprint density at radius 2 is 1.77 bits per heavy atom. The van der Waals surface area contributed by atoms with E-state index < -0.39 is 29.3 Å². The third-order valence-electron chi connectivity index (χ3n) is 5.18. The van der Waals surface area contributed by atoms with Crippen LogP contribution in [0.2, 0.25) is 0 Å². The summed E-state index contributed by atoms with van der Waals surface area (Å²) in [6.07, 6.45) is 0. The first kappa shape index (κ1) is 22.3. The number of likely N-dealkylation sites (tertiary alicyclic amines) is 1. The van der Waals surface area contributed by atoms with Crippen molar-refractivity contribution in [3.8, 4) is 11.5 Å². The number of likely N-dealkylation sites (N-methyl/N-ethyl adjacent to an activating group) is 1. The van der Waals surface area contributed by atoms with E-state index in [0.29, 0.717) is 17.9 Å². The number of hydrogen-bond donors (Lipinski definition) is 1. The summed E-state index contributed by atoms with van der Waals surface area (Å²) < 4.78 is 24.3. The van der Waals surface area contributed by atoms with Gasteiger partial charge < -0.3 is 24.4 Å². The average Bonchev–Trinajstić information content (AvgIpc) is 3.01. The normalized spacial score (nSPS) is 18.0. The SMILES string of the molecule is COc1ccc(C2/C(=C(\O)c3cc(F)ccc3OC)C(=O)C(=O)N2CCN(C)C)cc1. The van der Waals surface area contributed by atoms with Gasteiger partial charge in [-0.3, -0.25) is 9.59 Å². The minimum atomic E-state index is -0.834. The third kappa shape index (κ3) is 4.39. The molecule has 1 heterocycles. The van der Waals surface area contributed by atoms with Crippen LogP contribution in [0, 0.1) is 5.82 Å². The van der Waals surface area contributed by atoms with Gasteiger partial charge in [-0.25, -0.2) is 4.39 Å². The van der Waals surface area contributed by atoms with Crippen LogP contribution in [-0.4, -0.2) is 68.0 Å². The molecule has 1 amide bonds. The maximum atomic E-state index is 13.9. The molecule has 2 aromatic rings. The van der Waals surface area contributed by atoms with Crippen molar-refractivity contribution in [2.24, 2.45) is 0 Å². The first-order chi connectivity index (χ1) is 14.8. The van der Waals surface area contributed by atoms with Crippen LogP contribution in [0.1, 0.15) is 17.2 Å². The first-order valence-electron chi connectivity index (χ1n) is 9.69. The van der Waals surface area contributed by atoms with Crippen molar-refractivity contribution in [2.45, 2.75) is 6.04 Å². The van der Waals surface area contributed by atoms with Gasteiger partial charge in [-0.1, -0.05) is 12.1 Å². The highest BCUT2D eigenvalue weighted by Crippen LogP contribution is 2.41. The molecule has 7 nitrogen and oxygen atoms in total. The van der Waals surface area contributed by atoms with Gasteiger partial charge in [-0.2, -0.15) is 0 Å². The lowest BCUT2D eigenvalue weighted by Gasteiger charge is -2.26. The molecule has 1 fully saturated rings. The molecule has 3 rings (SSSR count). The minimum Gasteiger partial charge on any atom is -0.507 e. The van der Waals surface area contributed by atoms with Crippen molar-refractivity contribution in [1.82, 2.24) is 9.80 Å². The van der Waals surface area contributed by atoms with Gasteiger partial charge >= 0.3 is 0 Å². The van der Waals surface area contributed by atoms with Gasteiger partial charge in [-0.05, 0) is 50.0 Å². The number of aliphatic hydroxyl groups is 1. The number of ether oxygens (including phenoxy) is 2. The predicted octanol–water partition coefficient (Wildman–Crippen LogP) is 2.83. The van der Waals surface area contributed by atoms with Gasteiger partial charge in [0.25, 0.3) is 11.7 Å². The molecule has 1 saturated heterocycles. The average molecular weight is 428 g/mol. The van der Waals surface area contributed by atoms with E-state index in [1.165, 1.54) is 31.3 Å². The summed E-state index contributed by atoms with van der Waals surface area (Å²) in [7, 11) is 6.63. The number of ketones is 1. The number of carbonyl (C=O) groups excluding carboxylic acids is 2. The minimum absolute atomic E-state index is 0.00613. The molecule has 1 N–H and O–H groups in total. The topological polar surface area (TPSA) is 79.3 Å². The number of methoxy groups -OCH3 is 2. The van der Waals surface area contributed by atoms with E-state index in [1.807, 2.05) is 19.0 Å². The van der Waals surface area contributed by atoms with Crippen LogP contribution in [0.3, 0.4) is 0 Å². The van der Waals surface area contributed by atoms with E-state index in [0.717, 1.165) is 6.07 Å². The van der Waals surface area contributed by atoms with Crippen LogP contribution >= 0.6 is 0 Å². The Hall–Kier alpha value is -3.39. The van der Waals surface area contributed by atoms with Crippen molar-refractivity contribution >= 4 is 17.4 Å². The van der Waals surface area contributed by atoms with Gasteiger partial charge in [0.2, 0.25) is 0 Å². The molecule has 31 heavy (non-hydrogen) atoms. The van der Waals surface area contributed by atoms with Crippen LogP contribution in [-0.2, 0) is 9.59 Å². The highest BCUT2D eigenvalue weighted by Gasteiger charge is 2.46. The van der Waals surface area contributed by atoms with Crippen LogP contribution in [0.4, 0.5) is 4.39 Å². The highest BCUT2D eigenvalue weighted by molar-refractivity contribution is 6.46. The quantitative estimate of drug-likeness (QED) is 0.415. The monoisotopic (exact) mass is 428 g/mol. The summed E-state index contributed by atoms with van der Waals surface area (Å²) in [5.74, 6) is -1.84. The van der Waals surface area contributed by atoms with E-state index in [4.69, 9.17) is 9.47 Å². The fourth-order valence-corrected chi connectivity index (χ4v) is 3.56. The lowest BCUT2D eigenvalue weighted by molar-refractivity contribution is -0.140. The maximum absolute atomic E-state index is 13.9. The van der Waals surface area contributed by atoms with Crippen LogP contribution in [0.15, 0.2) is 48.0 Å². The Morgan fingerprint density at radius 3 is 2.35 bits per heavy atom. The number of aliphatic hydroxyl groups excluding tert-OH is 1. The fraction of sp³-hybridized carbons (Fsp3) is 0.304. The standard InChI is InChI=1S/C23H25FN2O5/c1-25(2)11-12-26-20(14-5-8-16(30-3)9-6-14)19(22(28)23(26)29)21(27)17-13-15(24)7-10-18(17)31-4/h5-10,13,20,27H,11-12H2,1-4H3/b21-19+. The lowest BCUT2D eigenvalue weighted by atomic mass is 9.95. The van der Waals surface area contributed by atoms with Gasteiger partial charge in [-0.15, -0.1) is 0 Å². The van der Waals surface area contributed by atoms with Crippen LogP contribution in [0.25, 0.3) is 5.76 Å². The van der Waals surface area contributed by atoms with Gasteiger partial charge in [0.15, 0.2) is 0 Å². The molecule has 1 aliphatic rings. The molecule has 0 radical (unpaired) electrons. The van der Waals surface area contributed by atoms with E-state index in [-0.39, 0.29) is 23.4 Å². The molecule has 0 aliphatic carbocycles. The van der Waals surface area contributed by atoms with Gasteiger partial charge in [0.05, 0.1) is 31.4 Å². The van der Waals surface area contributed by atoms with Crippen LogP contribution in [0.5, 0.6) is 11.5 Å². The zero-order chi connectivity index (χ0) is 22.7. The molecular formula is C23H25FN2O5. The molecule has 0 spiro atoms. The number of carbonyl (C=O) groups is 2. The summed E-state index contributed by atoms with van der Waals surface area (Å²) in [4.78, 5) is 29.2. The number of benzene rings is 2. The van der Waals surface area contributed by atoms with Crippen molar-refractivity contribution < 1.29 is 28.6 Å². The van der Waals surface area contributed by atoms with Crippen molar-refractivity contribution in [1.29, 1.82) is 0 Å². The molecule has 164 valence electrons. The molecule has 0 saturated carbocycles. The molecular weight excluding hydrogens is 403 g/mol. The summed E-state index contributed by atoms with van der Waals surface area (Å²) >= 11 is 0. The highest BCUT2D eigenvalue weighted by atomic mass is 19.1. The first-order valence-corrected chi connectivity index (χ1v) is 9.69. The number of nitrogens with zero attached hydrogens (tertiary/aromatic N) is 2. The molecule has 0 bridgehead atoms. The lowest BCUT2D eigenvalue weighted by Crippen LogP contribution is -2.35. The summed E-state index contributed by atoms with van der Waals surface area (Å²) in [6, 6.07) is 9.67. The third-order valence-corrected chi connectivity index (χ3v) is 5.18. The number of rotatable bonds is 7. The van der Waals surface area contributed by atoms with Gasteiger partial charge in [0, 0.05) is 13.1 Å². The molecule has 2 aromatic carbocycles. The van der Waals surface area contributed by atoms with Gasteiger partial charge in [0.1, 0.15) is 23.1 Å². The van der Waals surface area contributed by atoms with Crippen LogP contribution < -0.4 is 9.47 Å². The number of hydrogen-bond acceptors (Lipinski definition) is 6. The number of halogens is 1. The molecule has 1 aliphatic heterocycles. The van der Waals surface area contributed by atoms with E-state index >= 15 is 0 Å². The zero-order valence-electron chi connectivity index (χ0n) is 17.9. The van der Waals surface area contributed by atoms with Crippen molar-refractivity contribution in [3.63, 3.8) is 0 Å². The smallest absolute Gasteiger partial charge is 0.295 e. The molecule has 8 heteroatoms. The largest absolute Gasteiger partial charge is 0.507 e. The van der Waals surface area contributed by atoms with E-state index in [2.05, 4.69) is 0 Å². The number of Topliss-reactive ketones (excluding diaryl/α,β-unsaturated/α-hetero) is 1. The van der Waals surface area contributed by atoms with Crippen molar-refractivity contribution in [2.75, 3.05) is 41.4 Å². The fourth-order valence-electron chi connectivity index (χ4n) is 3.56. The number of amides is 1. The maximum Gasteiger partial charge on any atom is 0.295 e. The zero-order valence-corrected chi connectivity index (χ0v) is 17.9. The Bertz CT molecular complexity index is 1020. The van der Waals surface area contributed by atoms with Crippen molar-refractivity contribution in [3.05, 3.63) is 65.0 Å². The predicted molar refractivity (Wildman–Crippen MR) is 114 cm³/mol. The Kier molecular flexibility index (Phi) is 6.60. The second-order valence-corrected chi connectivity index (χ2v) is 7.41. The summed E-state index contributed by atoms with van der Waals surface area (Å²) in [5, 5.41) is 11.1. The Morgan fingerprint density at radius 1 is 1.10 bits per heavy atom.